The number of nitrogens with one attached hydrogen (secondary N) is 1. The van der Waals surface area contributed by atoms with Crippen LogP contribution in [0.3, 0.4) is 0 Å². The summed E-state index contributed by atoms with van der Waals surface area (Å²) in [5.74, 6) is 0.397. The van der Waals surface area contributed by atoms with Crippen LogP contribution in [0.4, 0.5) is 5.69 Å². The number of para-hydroxylation sites is 2. The van der Waals surface area contributed by atoms with Crippen LogP contribution >= 0.6 is 0 Å². The van der Waals surface area contributed by atoms with Gasteiger partial charge in [0.2, 0.25) is 5.91 Å². The highest BCUT2D eigenvalue weighted by atomic mass is 16.5. The minimum atomic E-state index is -0.674. The maximum atomic E-state index is 13.0. The van der Waals surface area contributed by atoms with Gasteiger partial charge < -0.3 is 15.0 Å². The quantitative estimate of drug-likeness (QED) is 0.683. The Morgan fingerprint density at radius 1 is 0.933 bits per heavy atom. The Bertz CT molecular complexity index is 995. The molecule has 0 spiro atoms. The molecule has 0 aliphatic carbocycles. The second-order valence-corrected chi connectivity index (χ2v) is 7.46. The summed E-state index contributed by atoms with van der Waals surface area (Å²) in [5, 5.41) is 3.20. The largest absolute Gasteiger partial charge is 0.482 e. The molecule has 30 heavy (non-hydrogen) atoms. The van der Waals surface area contributed by atoms with Crippen LogP contribution in [-0.2, 0) is 15.1 Å². The lowest BCUT2D eigenvalue weighted by Crippen LogP contribution is -2.46. The molecule has 0 unspecified atom stereocenters. The first-order valence-electron chi connectivity index (χ1n) is 10.0. The van der Waals surface area contributed by atoms with Crippen LogP contribution in [0.2, 0.25) is 0 Å². The normalized spacial score (nSPS) is 13.4. The predicted molar refractivity (Wildman–Crippen MR) is 116 cm³/mol. The lowest BCUT2D eigenvalue weighted by molar-refractivity contribution is -0.123. The number of carbonyl (C=O) groups is 2. The van der Waals surface area contributed by atoms with Crippen molar-refractivity contribution in [2.45, 2.75) is 18.9 Å². The second-order valence-electron chi connectivity index (χ2n) is 7.46. The molecule has 0 bridgehead atoms. The summed E-state index contributed by atoms with van der Waals surface area (Å²) in [5.41, 5.74) is 2.03. The molecule has 3 aromatic carbocycles. The van der Waals surface area contributed by atoms with E-state index in [1.165, 1.54) is 0 Å². The van der Waals surface area contributed by atoms with Crippen LogP contribution in [0, 0.1) is 0 Å². The van der Waals surface area contributed by atoms with Gasteiger partial charge in [-0.25, -0.2) is 0 Å². The number of amides is 2. The smallest absolute Gasteiger partial charge is 0.265 e. The molecule has 0 saturated carbocycles. The molecule has 5 heteroatoms. The number of hydrogen-bond donors (Lipinski definition) is 1. The Hall–Kier alpha value is -3.60. The molecule has 0 aromatic heterocycles. The molecular formula is C25H24N2O3. The fourth-order valence-corrected chi connectivity index (χ4v) is 3.81. The highest BCUT2D eigenvalue weighted by Crippen LogP contribution is 2.32. The lowest BCUT2D eigenvalue weighted by Gasteiger charge is -2.33. The number of carbonyl (C=O) groups excluding carboxylic acids is 2. The molecule has 1 heterocycles. The minimum absolute atomic E-state index is 0.00955. The number of anilines is 1. The molecule has 0 fully saturated rings. The third kappa shape index (κ3) is 3.92. The minimum Gasteiger partial charge on any atom is -0.482 e. The van der Waals surface area contributed by atoms with E-state index in [1.54, 1.807) is 4.90 Å². The summed E-state index contributed by atoms with van der Waals surface area (Å²) < 4.78 is 5.48. The first-order chi connectivity index (χ1) is 14.6. The molecule has 3 aromatic rings. The van der Waals surface area contributed by atoms with Crippen LogP contribution in [0.5, 0.6) is 5.75 Å². The average molecular weight is 400 g/mol. The van der Waals surface area contributed by atoms with Crippen molar-refractivity contribution in [3.8, 4) is 5.75 Å². The van der Waals surface area contributed by atoms with Crippen molar-refractivity contribution in [1.82, 2.24) is 5.32 Å². The third-order valence-corrected chi connectivity index (χ3v) is 5.46. The van der Waals surface area contributed by atoms with E-state index in [4.69, 9.17) is 4.74 Å². The summed E-state index contributed by atoms with van der Waals surface area (Å²) in [7, 11) is 0. The van der Waals surface area contributed by atoms with Crippen molar-refractivity contribution in [2.75, 3.05) is 18.1 Å². The van der Waals surface area contributed by atoms with Crippen molar-refractivity contribution in [3.05, 3.63) is 96.1 Å². The van der Waals surface area contributed by atoms with Crippen molar-refractivity contribution < 1.29 is 14.3 Å². The van der Waals surface area contributed by atoms with Crippen LogP contribution in [-0.4, -0.2) is 25.0 Å². The van der Waals surface area contributed by atoms with Gasteiger partial charge in [0.05, 0.1) is 11.2 Å². The van der Waals surface area contributed by atoms with Gasteiger partial charge in [-0.15, -0.1) is 0 Å². The second kappa shape index (κ2) is 8.41. The molecule has 0 radical (unpaired) electrons. The van der Waals surface area contributed by atoms with Gasteiger partial charge in [-0.2, -0.15) is 0 Å². The summed E-state index contributed by atoms with van der Waals surface area (Å²) in [6, 6.07) is 27.2. The highest BCUT2D eigenvalue weighted by molar-refractivity contribution is 5.98. The Balaban J connectivity index is 1.53. The summed E-state index contributed by atoms with van der Waals surface area (Å²) >= 11 is 0. The molecule has 2 amide bonds. The van der Waals surface area contributed by atoms with Crippen LogP contribution in [0.25, 0.3) is 0 Å². The van der Waals surface area contributed by atoms with E-state index in [0.29, 0.717) is 18.0 Å². The molecule has 152 valence electrons. The summed E-state index contributed by atoms with van der Waals surface area (Å²) in [6.45, 7) is 2.29. The van der Waals surface area contributed by atoms with Crippen LogP contribution < -0.4 is 15.0 Å². The molecule has 1 aliphatic heterocycles. The number of fused-ring (bicyclic) bond motifs is 1. The van der Waals surface area contributed by atoms with E-state index < -0.39 is 5.54 Å². The molecule has 0 atom stereocenters. The first-order valence-corrected chi connectivity index (χ1v) is 10.0. The SMILES string of the molecule is CC(NC(=O)CCN1C(=O)COc2ccccc21)(c1ccccc1)c1ccccc1. The standard InChI is InChI=1S/C25H24N2O3/c1-25(19-10-4-2-5-11-19,20-12-6-3-7-13-20)26-23(28)16-17-27-21-14-8-9-15-22(21)30-18-24(27)29/h2-15H,16-18H2,1H3,(H,26,28). The summed E-state index contributed by atoms with van der Waals surface area (Å²) in [6.07, 6.45) is 0.190. The zero-order valence-electron chi connectivity index (χ0n) is 16.9. The fraction of sp³-hybridized carbons (Fsp3) is 0.200. The number of ether oxygens (including phenoxy) is 1. The van der Waals surface area contributed by atoms with E-state index >= 15 is 0 Å². The van der Waals surface area contributed by atoms with Gasteiger partial charge in [-0.3, -0.25) is 9.59 Å². The van der Waals surface area contributed by atoms with Gasteiger partial charge in [0, 0.05) is 13.0 Å². The van der Waals surface area contributed by atoms with E-state index in [9.17, 15) is 9.59 Å². The van der Waals surface area contributed by atoms with Crippen molar-refractivity contribution >= 4 is 17.5 Å². The zero-order valence-corrected chi connectivity index (χ0v) is 16.9. The number of nitrogens with zero attached hydrogens (tertiary/aromatic N) is 1. The average Bonchev–Trinajstić information content (AvgIpc) is 2.79. The fourth-order valence-electron chi connectivity index (χ4n) is 3.81. The van der Waals surface area contributed by atoms with Crippen molar-refractivity contribution in [1.29, 1.82) is 0 Å². The Morgan fingerprint density at radius 3 is 2.13 bits per heavy atom. The van der Waals surface area contributed by atoms with Gasteiger partial charge >= 0.3 is 0 Å². The Kier molecular flexibility index (Phi) is 5.53. The van der Waals surface area contributed by atoms with Gasteiger partial charge in [-0.1, -0.05) is 72.8 Å². The highest BCUT2D eigenvalue weighted by Gasteiger charge is 2.31. The van der Waals surface area contributed by atoms with Gasteiger partial charge in [0.1, 0.15) is 5.75 Å². The maximum absolute atomic E-state index is 13.0. The number of hydrogen-bond acceptors (Lipinski definition) is 3. The van der Waals surface area contributed by atoms with Gasteiger partial charge in [0.25, 0.3) is 5.91 Å². The zero-order chi connectivity index (χ0) is 21.0. The molecular weight excluding hydrogens is 376 g/mol. The van der Waals surface area contributed by atoms with E-state index in [-0.39, 0.29) is 24.8 Å². The van der Waals surface area contributed by atoms with E-state index in [2.05, 4.69) is 5.32 Å². The van der Waals surface area contributed by atoms with E-state index in [1.807, 2.05) is 91.9 Å². The topological polar surface area (TPSA) is 58.6 Å². The third-order valence-electron chi connectivity index (χ3n) is 5.46. The molecule has 0 saturated heterocycles. The predicted octanol–water partition coefficient (Wildman–Crippen LogP) is 3.88. The Morgan fingerprint density at radius 2 is 1.50 bits per heavy atom. The lowest BCUT2D eigenvalue weighted by atomic mass is 9.84. The maximum Gasteiger partial charge on any atom is 0.265 e. The summed E-state index contributed by atoms with van der Waals surface area (Å²) in [4.78, 5) is 27.0. The van der Waals surface area contributed by atoms with Crippen molar-refractivity contribution in [2.24, 2.45) is 0 Å². The van der Waals surface area contributed by atoms with E-state index in [0.717, 1.165) is 11.1 Å². The monoisotopic (exact) mass is 400 g/mol. The van der Waals surface area contributed by atoms with Crippen LogP contribution in [0.1, 0.15) is 24.5 Å². The molecule has 5 nitrogen and oxygen atoms in total. The number of benzene rings is 3. The van der Waals surface area contributed by atoms with Gasteiger partial charge in [-0.05, 0) is 30.2 Å². The first kappa shape index (κ1) is 19.7. The van der Waals surface area contributed by atoms with Crippen molar-refractivity contribution in [3.63, 3.8) is 0 Å². The van der Waals surface area contributed by atoms with Crippen LogP contribution in [0.15, 0.2) is 84.9 Å². The molecule has 4 rings (SSSR count). The number of rotatable bonds is 6. The van der Waals surface area contributed by atoms with Gasteiger partial charge in [0.15, 0.2) is 6.61 Å². The molecule has 1 aliphatic rings. The Labute approximate surface area is 176 Å². The molecule has 1 N–H and O–H groups in total.